The summed E-state index contributed by atoms with van der Waals surface area (Å²) in [5.74, 6) is -1.00. The number of carbonyl (C=O) groups excluding carboxylic acids is 1. The van der Waals surface area contributed by atoms with Crippen LogP contribution in [0.15, 0.2) is 0 Å². The highest BCUT2D eigenvalue weighted by atomic mass is 16.5. The Kier molecular flexibility index (Phi) is 5.93. The lowest BCUT2D eigenvalue weighted by Gasteiger charge is -2.23. The van der Waals surface area contributed by atoms with Crippen molar-refractivity contribution in [3.05, 3.63) is 0 Å². The van der Waals surface area contributed by atoms with Gasteiger partial charge < -0.3 is 20.5 Å². The van der Waals surface area contributed by atoms with Gasteiger partial charge in [-0.05, 0) is 19.4 Å². The quantitative estimate of drug-likeness (QED) is 0.599. The molecule has 0 bridgehead atoms. The van der Waals surface area contributed by atoms with Crippen molar-refractivity contribution in [2.45, 2.75) is 37.8 Å². The summed E-state index contributed by atoms with van der Waals surface area (Å²) in [5.41, 5.74) is 0. The Labute approximate surface area is 101 Å². The Balaban J connectivity index is 2.27. The standard InChI is InChI=1S/C11H20N2O4/c1-17-8(6-10(14)15)7-13-11(16)9-4-2-3-5-12-9/h8-9,12H,2-7H2,1H3,(H,13,16)(H,14,15)/t8?,9-/m1/s1. The number of piperidine rings is 1. The topological polar surface area (TPSA) is 87.7 Å². The first-order chi connectivity index (χ1) is 8.13. The first kappa shape index (κ1) is 13.9. The number of ether oxygens (including phenoxy) is 1. The van der Waals surface area contributed by atoms with Gasteiger partial charge in [-0.1, -0.05) is 6.42 Å². The zero-order valence-electron chi connectivity index (χ0n) is 10.1. The average molecular weight is 244 g/mol. The van der Waals surface area contributed by atoms with Crippen LogP contribution in [0.2, 0.25) is 0 Å². The fourth-order valence-corrected chi connectivity index (χ4v) is 1.85. The third kappa shape index (κ3) is 5.14. The maximum absolute atomic E-state index is 11.7. The van der Waals surface area contributed by atoms with Crippen molar-refractivity contribution in [2.24, 2.45) is 0 Å². The van der Waals surface area contributed by atoms with Gasteiger partial charge in [-0.3, -0.25) is 9.59 Å². The van der Waals surface area contributed by atoms with Crippen molar-refractivity contribution in [3.63, 3.8) is 0 Å². The van der Waals surface area contributed by atoms with Crippen LogP contribution in [-0.4, -0.2) is 49.3 Å². The van der Waals surface area contributed by atoms with E-state index in [1.54, 1.807) is 0 Å². The third-order valence-corrected chi connectivity index (χ3v) is 2.87. The van der Waals surface area contributed by atoms with Gasteiger partial charge in [0.25, 0.3) is 0 Å². The molecule has 0 aliphatic carbocycles. The molecule has 1 heterocycles. The number of hydrogen-bond donors (Lipinski definition) is 3. The predicted octanol–water partition coefficient (Wildman–Crippen LogP) is -0.266. The molecule has 1 amide bonds. The summed E-state index contributed by atoms with van der Waals surface area (Å²) >= 11 is 0. The highest BCUT2D eigenvalue weighted by Gasteiger charge is 2.21. The summed E-state index contributed by atoms with van der Waals surface area (Å²) in [5, 5.41) is 14.5. The van der Waals surface area contributed by atoms with Gasteiger partial charge >= 0.3 is 5.97 Å². The summed E-state index contributed by atoms with van der Waals surface area (Å²) in [7, 11) is 1.44. The molecule has 0 aromatic heterocycles. The molecule has 1 aliphatic rings. The highest BCUT2D eigenvalue weighted by molar-refractivity contribution is 5.81. The Hall–Kier alpha value is -1.14. The van der Waals surface area contributed by atoms with Crippen molar-refractivity contribution >= 4 is 11.9 Å². The lowest BCUT2D eigenvalue weighted by molar-refractivity contribution is -0.140. The maximum Gasteiger partial charge on any atom is 0.306 e. The second-order valence-corrected chi connectivity index (χ2v) is 4.20. The van der Waals surface area contributed by atoms with Crippen LogP contribution in [0.1, 0.15) is 25.7 Å². The Bertz CT molecular complexity index is 264. The largest absolute Gasteiger partial charge is 0.481 e. The Morgan fingerprint density at radius 3 is 2.82 bits per heavy atom. The van der Waals surface area contributed by atoms with Crippen molar-refractivity contribution in [2.75, 3.05) is 20.2 Å². The van der Waals surface area contributed by atoms with Gasteiger partial charge in [0, 0.05) is 13.7 Å². The number of nitrogens with one attached hydrogen (secondary N) is 2. The molecule has 0 spiro atoms. The molecular weight excluding hydrogens is 224 g/mol. The first-order valence-corrected chi connectivity index (χ1v) is 5.89. The van der Waals surface area contributed by atoms with Crippen LogP contribution in [-0.2, 0) is 14.3 Å². The van der Waals surface area contributed by atoms with E-state index in [0.717, 1.165) is 25.8 Å². The minimum Gasteiger partial charge on any atom is -0.481 e. The van der Waals surface area contributed by atoms with Gasteiger partial charge in [-0.15, -0.1) is 0 Å². The van der Waals surface area contributed by atoms with Crippen LogP contribution in [0, 0.1) is 0 Å². The van der Waals surface area contributed by atoms with E-state index in [1.165, 1.54) is 7.11 Å². The van der Waals surface area contributed by atoms with Gasteiger partial charge in [0.2, 0.25) is 5.91 Å². The molecule has 0 radical (unpaired) electrons. The Morgan fingerprint density at radius 1 is 1.53 bits per heavy atom. The van der Waals surface area contributed by atoms with Crippen LogP contribution in [0.25, 0.3) is 0 Å². The average Bonchev–Trinajstić information content (AvgIpc) is 2.34. The molecule has 3 N–H and O–H groups in total. The summed E-state index contributed by atoms with van der Waals surface area (Å²) < 4.78 is 4.98. The second kappa shape index (κ2) is 7.24. The van der Waals surface area contributed by atoms with Crippen molar-refractivity contribution < 1.29 is 19.4 Å². The zero-order valence-corrected chi connectivity index (χ0v) is 10.1. The Morgan fingerprint density at radius 2 is 2.29 bits per heavy atom. The molecule has 0 aromatic rings. The SMILES string of the molecule is COC(CNC(=O)[C@H]1CCCCN1)CC(=O)O. The zero-order chi connectivity index (χ0) is 12.7. The minimum absolute atomic E-state index is 0.0721. The van der Waals surface area contributed by atoms with Crippen LogP contribution >= 0.6 is 0 Å². The van der Waals surface area contributed by atoms with Crippen LogP contribution in [0.5, 0.6) is 0 Å². The molecule has 6 nitrogen and oxygen atoms in total. The second-order valence-electron chi connectivity index (χ2n) is 4.20. The summed E-state index contributed by atoms with van der Waals surface area (Å²) in [4.78, 5) is 22.2. The van der Waals surface area contributed by atoms with Gasteiger partial charge in [-0.25, -0.2) is 0 Å². The summed E-state index contributed by atoms with van der Waals surface area (Å²) in [6.07, 6.45) is 2.41. The van der Waals surface area contributed by atoms with Gasteiger partial charge in [0.1, 0.15) is 0 Å². The minimum atomic E-state index is -0.929. The van der Waals surface area contributed by atoms with Crippen LogP contribution in [0.4, 0.5) is 0 Å². The van der Waals surface area contributed by atoms with E-state index >= 15 is 0 Å². The molecular formula is C11H20N2O4. The van der Waals surface area contributed by atoms with E-state index in [4.69, 9.17) is 9.84 Å². The normalized spacial score (nSPS) is 21.8. The van der Waals surface area contributed by atoms with E-state index < -0.39 is 12.1 Å². The van der Waals surface area contributed by atoms with Crippen molar-refractivity contribution in [1.82, 2.24) is 10.6 Å². The summed E-state index contributed by atoms with van der Waals surface area (Å²) in [6.45, 7) is 1.10. The van der Waals surface area contributed by atoms with E-state index in [9.17, 15) is 9.59 Å². The van der Waals surface area contributed by atoms with E-state index in [-0.39, 0.29) is 24.9 Å². The third-order valence-electron chi connectivity index (χ3n) is 2.87. The highest BCUT2D eigenvalue weighted by Crippen LogP contribution is 2.06. The van der Waals surface area contributed by atoms with Crippen LogP contribution in [0.3, 0.4) is 0 Å². The van der Waals surface area contributed by atoms with Gasteiger partial charge in [0.05, 0.1) is 18.6 Å². The predicted molar refractivity (Wildman–Crippen MR) is 61.7 cm³/mol. The summed E-state index contributed by atoms with van der Waals surface area (Å²) in [6, 6.07) is -0.147. The molecule has 2 atom stereocenters. The monoisotopic (exact) mass is 244 g/mol. The van der Waals surface area contributed by atoms with Gasteiger partial charge in [0.15, 0.2) is 0 Å². The van der Waals surface area contributed by atoms with E-state index in [1.807, 2.05) is 0 Å². The number of methoxy groups -OCH3 is 1. The molecule has 1 rings (SSSR count). The smallest absolute Gasteiger partial charge is 0.306 e. The molecule has 1 saturated heterocycles. The van der Waals surface area contributed by atoms with Crippen LogP contribution < -0.4 is 10.6 Å². The molecule has 1 unspecified atom stereocenters. The number of amides is 1. The molecule has 0 saturated carbocycles. The number of hydrogen-bond acceptors (Lipinski definition) is 4. The molecule has 6 heteroatoms. The molecule has 1 aliphatic heterocycles. The lowest BCUT2D eigenvalue weighted by atomic mass is 10.0. The van der Waals surface area contributed by atoms with Crippen molar-refractivity contribution in [3.8, 4) is 0 Å². The maximum atomic E-state index is 11.7. The van der Waals surface area contributed by atoms with E-state index in [0.29, 0.717) is 0 Å². The molecule has 17 heavy (non-hydrogen) atoms. The van der Waals surface area contributed by atoms with E-state index in [2.05, 4.69) is 10.6 Å². The van der Waals surface area contributed by atoms with Gasteiger partial charge in [-0.2, -0.15) is 0 Å². The molecule has 98 valence electrons. The fraction of sp³-hybridized carbons (Fsp3) is 0.818. The number of carboxylic acid groups (broad SMARTS) is 1. The lowest BCUT2D eigenvalue weighted by Crippen LogP contribution is -2.48. The first-order valence-electron chi connectivity index (χ1n) is 5.89. The number of carbonyl (C=O) groups is 2. The van der Waals surface area contributed by atoms with Crippen molar-refractivity contribution in [1.29, 1.82) is 0 Å². The fourth-order valence-electron chi connectivity index (χ4n) is 1.85. The number of rotatable bonds is 6. The molecule has 0 aromatic carbocycles. The number of aliphatic carboxylic acids is 1. The molecule has 1 fully saturated rings. The number of carboxylic acids is 1.